The Morgan fingerprint density at radius 1 is 1.67 bits per heavy atom. The molecule has 0 unspecified atom stereocenters. The summed E-state index contributed by atoms with van der Waals surface area (Å²) in [7, 11) is 0. The first-order valence-corrected chi connectivity index (χ1v) is 7.30. The Morgan fingerprint density at radius 2 is 2.33 bits per heavy atom. The molecule has 0 aliphatic carbocycles. The van der Waals surface area contributed by atoms with Crippen molar-refractivity contribution in [3.05, 3.63) is 17.5 Å². The Balaban J connectivity index is 2.55. The molecule has 1 aromatic heterocycles. The molecule has 1 heterocycles. The summed E-state index contributed by atoms with van der Waals surface area (Å²) in [6.45, 7) is 5.97. The SMILES string of the molecule is CSC[C@](C)(O)CNC(=O)c1cc(C(C)C)[nH]n1. The molecule has 3 N–H and O–H groups in total. The number of nitrogens with zero attached hydrogens (tertiary/aromatic N) is 1. The normalized spacial score (nSPS) is 14.6. The molecule has 6 heteroatoms. The van der Waals surface area contributed by atoms with Crippen LogP contribution in [0.3, 0.4) is 0 Å². The summed E-state index contributed by atoms with van der Waals surface area (Å²) in [6.07, 6.45) is 1.92. The number of H-pyrrole nitrogens is 1. The van der Waals surface area contributed by atoms with Gasteiger partial charge in [-0.15, -0.1) is 0 Å². The number of carbonyl (C=O) groups is 1. The number of carbonyl (C=O) groups excluding carboxylic acids is 1. The molecule has 18 heavy (non-hydrogen) atoms. The second-order valence-electron chi connectivity index (χ2n) is 4.98. The van der Waals surface area contributed by atoms with Crippen LogP contribution >= 0.6 is 11.8 Å². The van der Waals surface area contributed by atoms with E-state index in [1.165, 1.54) is 0 Å². The van der Waals surface area contributed by atoms with Gasteiger partial charge >= 0.3 is 0 Å². The maximum Gasteiger partial charge on any atom is 0.271 e. The van der Waals surface area contributed by atoms with Gasteiger partial charge in [0.1, 0.15) is 5.69 Å². The van der Waals surface area contributed by atoms with E-state index in [1.807, 2.05) is 20.1 Å². The van der Waals surface area contributed by atoms with Gasteiger partial charge in [0.2, 0.25) is 0 Å². The number of thioether (sulfide) groups is 1. The van der Waals surface area contributed by atoms with E-state index >= 15 is 0 Å². The lowest BCUT2D eigenvalue weighted by molar-refractivity contribution is 0.0722. The predicted molar refractivity (Wildman–Crippen MR) is 74.0 cm³/mol. The number of nitrogens with one attached hydrogen (secondary N) is 2. The van der Waals surface area contributed by atoms with Gasteiger partial charge in [-0.2, -0.15) is 16.9 Å². The highest BCUT2D eigenvalue weighted by Crippen LogP contribution is 2.12. The Hall–Kier alpha value is -1.01. The van der Waals surface area contributed by atoms with Gasteiger partial charge in [-0.1, -0.05) is 13.8 Å². The standard InChI is InChI=1S/C12H21N3O2S/c1-8(2)9-5-10(15-14-9)11(16)13-6-12(3,17)7-18-4/h5,8,17H,6-7H2,1-4H3,(H,13,16)(H,14,15)/t12-/m1/s1. The predicted octanol–water partition coefficient (Wildman–Crippen LogP) is 1.38. The monoisotopic (exact) mass is 271 g/mol. The van der Waals surface area contributed by atoms with E-state index in [0.717, 1.165) is 5.69 Å². The number of rotatable bonds is 6. The van der Waals surface area contributed by atoms with Crippen molar-refractivity contribution in [2.24, 2.45) is 0 Å². The molecule has 1 amide bonds. The highest BCUT2D eigenvalue weighted by Gasteiger charge is 2.21. The molecule has 1 aromatic rings. The Morgan fingerprint density at radius 3 is 2.83 bits per heavy atom. The van der Waals surface area contributed by atoms with E-state index in [2.05, 4.69) is 15.5 Å². The van der Waals surface area contributed by atoms with Gasteiger partial charge in [-0.05, 0) is 25.2 Å². The van der Waals surface area contributed by atoms with Gasteiger partial charge in [0.15, 0.2) is 0 Å². The van der Waals surface area contributed by atoms with Crippen LogP contribution in [0.25, 0.3) is 0 Å². The van der Waals surface area contributed by atoms with Gasteiger partial charge in [-0.25, -0.2) is 0 Å². The maximum atomic E-state index is 11.8. The average molecular weight is 271 g/mol. The van der Waals surface area contributed by atoms with Crippen LogP contribution in [0.4, 0.5) is 0 Å². The molecule has 0 aliphatic heterocycles. The van der Waals surface area contributed by atoms with Crippen molar-refractivity contribution in [2.75, 3.05) is 18.6 Å². The highest BCUT2D eigenvalue weighted by molar-refractivity contribution is 7.98. The Bertz CT molecular complexity index is 402. The molecule has 0 saturated heterocycles. The first-order valence-electron chi connectivity index (χ1n) is 5.90. The Labute approximate surface area is 112 Å². The number of amides is 1. The van der Waals surface area contributed by atoms with Crippen molar-refractivity contribution >= 4 is 17.7 Å². The summed E-state index contributed by atoms with van der Waals surface area (Å²) in [6, 6.07) is 1.74. The van der Waals surface area contributed by atoms with Crippen molar-refractivity contribution < 1.29 is 9.90 Å². The molecule has 0 fully saturated rings. The second-order valence-corrected chi connectivity index (χ2v) is 5.84. The fourth-order valence-corrected chi connectivity index (χ4v) is 2.20. The van der Waals surface area contributed by atoms with E-state index in [9.17, 15) is 9.90 Å². The summed E-state index contributed by atoms with van der Waals surface area (Å²) in [4.78, 5) is 11.8. The molecule has 1 rings (SSSR count). The minimum absolute atomic E-state index is 0.219. The van der Waals surface area contributed by atoms with E-state index in [1.54, 1.807) is 24.8 Å². The van der Waals surface area contributed by atoms with Crippen LogP contribution < -0.4 is 5.32 Å². The first kappa shape index (κ1) is 15.0. The second kappa shape index (κ2) is 6.24. The lowest BCUT2D eigenvalue weighted by Crippen LogP contribution is -2.42. The molecule has 0 spiro atoms. The molecular formula is C12H21N3O2S. The zero-order valence-corrected chi connectivity index (χ0v) is 12.1. The van der Waals surface area contributed by atoms with Gasteiger partial charge in [0.25, 0.3) is 5.91 Å². The van der Waals surface area contributed by atoms with Gasteiger partial charge in [-0.3, -0.25) is 9.89 Å². The van der Waals surface area contributed by atoms with Crippen LogP contribution in [0, 0.1) is 0 Å². The summed E-state index contributed by atoms with van der Waals surface area (Å²) in [5, 5.41) is 19.4. The smallest absolute Gasteiger partial charge is 0.271 e. The lowest BCUT2D eigenvalue weighted by Gasteiger charge is -2.22. The van der Waals surface area contributed by atoms with Crippen LogP contribution in [0.2, 0.25) is 0 Å². The van der Waals surface area contributed by atoms with Gasteiger partial charge < -0.3 is 10.4 Å². The number of aromatic amines is 1. The van der Waals surface area contributed by atoms with Crippen molar-refractivity contribution in [3.63, 3.8) is 0 Å². The number of hydrogen-bond donors (Lipinski definition) is 3. The minimum Gasteiger partial charge on any atom is -0.387 e. The maximum absolute atomic E-state index is 11.8. The number of aliphatic hydroxyl groups is 1. The van der Waals surface area contributed by atoms with E-state index in [4.69, 9.17) is 0 Å². The number of aromatic nitrogens is 2. The summed E-state index contributed by atoms with van der Waals surface area (Å²) < 4.78 is 0. The fourth-order valence-electron chi connectivity index (χ4n) is 1.47. The molecule has 0 bridgehead atoms. The first-order chi connectivity index (χ1) is 8.35. The van der Waals surface area contributed by atoms with Gasteiger partial charge in [0.05, 0.1) is 5.60 Å². The molecule has 0 aliphatic rings. The lowest BCUT2D eigenvalue weighted by atomic mass is 10.1. The number of hydrogen-bond acceptors (Lipinski definition) is 4. The van der Waals surface area contributed by atoms with Crippen LogP contribution in [-0.4, -0.2) is 45.4 Å². The largest absolute Gasteiger partial charge is 0.387 e. The molecule has 102 valence electrons. The molecule has 0 aromatic carbocycles. The van der Waals surface area contributed by atoms with E-state index in [0.29, 0.717) is 17.4 Å². The quantitative estimate of drug-likeness (QED) is 0.730. The summed E-state index contributed by atoms with van der Waals surface area (Å²) in [5.74, 6) is 0.614. The zero-order chi connectivity index (χ0) is 13.8. The highest BCUT2D eigenvalue weighted by atomic mass is 32.2. The third kappa shape index (κ3) is 4.34. The molecule has 1 atom stereocenters. The van der Waals surface area contributed by atoms with Crippen molar-refractivity contribution in [1.29, 1.82) is 0 Å². The third-order valence-corrected chi connectivity index (χ3v) is 3.45. The molecule has 5 nitrogen and oxygen atoms in total. The average Bonchev–Trinajstić information content (AvgIpc) is 2.75. The van der Waals surface area contributed by atoms with E-state index < -0.39 is 5.60 Å². The molecule has 0 saturated carbocycles. The summed E-state index contributed by atoms with van der Waals surface area (Å²) in [5.41, 5.74) is 0.390. The third-order valence-electron chi connectivity index (χ3n) is 2.54. The molecule has 0 radical (unpaired) electrons. The summed E-state index contributed by atoms with van der Waals surface area (Å²) >= 11 is 1.54. The topological polar surface area (TPSA) is 78.0 Å². The van der Waals surface area contributed by atoms with Crippen LogP contribution in [-0.2, 0) is 0 Å². The van der Waals surface area contributed by atoms with Crippen molar-refractivity contribution in [1.82, 2.24) is 15.5 Å². The van der Waals surface area contributed by atoms with Crippen LogP contribution in [0.5, 0.6) is 0 Å². The zero-order valence-electron chi connectivity index (χ0n) is 11.3. The Kier molecular flexibility index (Phi) is 5.22. The van der Waals surface area contributed by atoms with Crippen molar-refractivity contribution in [2.45, 2.75) is 32.3 Å². The van der Waals surface area contributed by atoms with Crippen LogP contribution in [0.15, 0.2) is 6.07 Å². The fraction of sp³-hybridized carbons (Fsp3) is 0.667. The van der Waals surface area contributed by atoms with E-state index in [-0.39, 0.29) is 12.5 Å². The van der Waals surface area contributed by atoms with Gasteiger partial charge in [0, 0.05) is 18.0 Å². The van der Waals surface area contributed by atoms with Crippen LogP contribution in [0.1, 0.15) is 42.9 Å². The molecular weight excluding hydrogens is 250 g/mol. The minimum atomic E-state index is -0.897. The van der Waals surface area contributed by atoms with Crippen molar-refractivity contribution in [3.8, 4) is 0 Å².